The summed E-state index contributed by atoms with van der Waals surface area (Å²) in [4.78, 5) is 40.6. The molecule has 0 aromatic heterocycles. The Bertz CT molecular complexity index is 835. The fourth-order valence-electron chi connectivity index (χ4n) is 4.01. The molecule has 0 saturated carbocycles. The molecule has 0 aromatic carbocycles. The molecule has 2 aliphatic rings. The number of hydrogen-bond acceptors (Lipinski definition) is 7. The van der Waals surface area contributed by atoms with Gasteiger partial charge in [0.15, 0.2) is 0 Å². The summed E-state index contributed by atoms with van der Waals surface area (Å²) in [5.74, 6) is -1.31. The number of methoxy groups -OCH3 is 1. The number of alkyl halides is 1. The highest BCUT2D eigenvalue weighted by Crippen LogP contribution is 2.32. The zero-order valence-corrected chi connectivity index (χ0v) is 20.4. The highest BCUT2D eigenvalue weighted by Gasteiger charge is 2.46. The van der Waals surface area contributed by atoms with Crippen LogP contribution in [0.3, 0.4) is 0 Å². The lowest BCUT2D eigenvalue weighted by Crippen LogP contribution is -2.60. The molecule has 0 spiro atoms. The van der Waals surface area contributed by atoms with Gasteiger partial charge in [0.2, 0.25) is 15.9 Å². The smallest absolute Gasteiger partial charge is 0.411 e. The SMILES string of the molecule is COC(=O)[C@@H]1C[C@H](F)CN1C(=O)CN(C(=O)OC(C)(C)C)C1(C)CCN(S(C)(=O)=O)CC1. The summed E-state index contributed by atoms with van der Waals surface area (Å²) in [6, 6.07) is -1.05. The third-order valence-corrected chi connectivity index (χ3v) is 7.17. The number of carbonyl (C=O) groups excluding carboxylic acids is 3. The van der Waals surface area contributed by atoms with E-state index >= 15 is 0 Å². The quantitative estimate of drug-likeness (QED) is 0.544. The Balaban J connectivity index is 2.27. The van der Waals surface area contributed by atoms with E-state index in [1.165, 1.54) is 16.3 Å². The number of nitrogens with zero attached hydrogens (tertiary/aromatic N) is 3. The largest absolute Gasteiger partial charge is 0.467 e. The van der Waals surface area contributed by atoms with Crippen LogP contribution in [-0.2, 0) is 29.1 Å². The molecule has 12 heteroatoms. The first-order chi connectivity index (χ1) is 14.6. The summed E-state index contributed by atoms with van der Waals surface area (Å²) in [7, 11) is -2.22. The summed E-state index contributed by atoms with van der Waals surface area (Å²) in [6.45, 7) is 6.53. The minimum absolute atomic E-state index is 0.161. The molecule has 0 radical (unpaired) electrons. The molecule has 0 N–H and O–H groups in total. The summed E-state index contributed by atoms with van der Waals surface area (Å²) in [5, 5.41) is 0. The van der Waals surface area contributed by atoms with Crippen LogP contribution < -0.4 is 0 Å². The third-order valence-electron chi connectivity index (χ3n) is 5.87. The predicted molar refractivity (Wildman–Crippen MR) is 114 cm³/mol. The van der Waals surface area contributed by atoms with E-state index in [1.807, 2.05) is 0 Å². The van der Waals surface area contributed by atoms with Crippen molar-refractivity contribution >= 4 is 28.0 Å². The van der Waals surface area contributed by atoms with Gasteiger partial charge in [0.05, 0.1) is 19.9 Å². The second-order valence-corrected chi connectivity index (χ2v) is 11.6. The van der Waals surface area contributed by atoms with E-state index in [4.69, 9.17) is 9.47 Å². The van der Waals surface area contributed by atoms with E-state index in [0.717, 1.165) is 11.2 Å². The number of sulfonamides is 1. The molecule has 184 valence electrons. The molecule has 2 fully saturated rings. The summed E-state index contributed by atoms with van der Waals surface area (Å²) >= 11 is 0. The number of hydrogen-bond donors (Lipinski definition) is 0. The van der Waals surface area contributed by atoms with E-state index in [2.05, 4.69) is 0 Å². The van der Waals surface area contributed by atoms with Crippen LogP contribution in [0.5, 0.6) is 0 Å². The fourth-order valence-corrected chi connectivity index (χ4v) is 4.85. The lowest BCUT2D eigenvalue weighted by atomic mass is 9.88. The molecule has 10 nitrogen and oxygen atoms in total. The maximum atomic E-state index is 14.0. The number of esters is 1. The molecule has 0 unspecified atom stereocenters. The Morgan fingerprint density at radius 3 is 2.22 bits per heavy atom. The van der Waals surface area contributed by atoms with Crippen LogP contribution in [0.4, 0.5) is 9.18 Å². The maximum absolute atomic E-state index is 14.0. The summed E-state index contributed by atoms with van der Waals surface area (Å²) < 4.78 is 49.3. The van der Waals surface area contributed by atoms with Crippen molar-refractivity contribution in [2.45, 2.75) is 70.3 Å². The van der Waals surface area contributed by atoms with Gasteiger partial charge in [-0.2, -0.15) is 0 Å². The van der Waals surface area contributed by atoms with E-state index in [0.29, 0.717) is 12.8 Å². The van der Waals surface area contributed by atoms with Gasteiger partial charge >= 0.3 is 12.1 Å². The number of piperidine rings is 1. The van der Waals surface area contributed by atoms with Gasteiger partial charge in [-0.05, 0) is 40.5 Å². The van der Waals surface area contributed by atoms with Crippen molar-refractivity contribution < 1.29 is 36.7 Å². The van der Waals surface area contributed by atoms with Crippen molar-refractivity contribution in [3.8, 4) is 0 Å². The first-order valence-electron chi connectivity index (χ1n) is 10.5. The van der Waals surface area contributed by atoms with Crippen LogP contribution in [0.2, 0.25) is 0 Å². The minimum atomic E-state index is -3.38. The Kier molecular flexibility index (Phi) is 7.81. The highest BCUT2D eigenvalue weighted by molar-refractivity contribution is 7.88. The monoisotopic (exact) mass is 479 g/mol. The first-order valence-corrected chi connectivity index (χ1v) is 12.4. The Hall–Kier alpha value is -1.95. The van der Waals surface area contributed by atoms with Crippen molar-refractivity contribution in [3.63, 3.8) is 0 Å². The lowest BCUT2D eigenvalue weighted by Gasteiger charge is -2.46. The van der Waals surface area contributed by atoms with Crippen molar-refractivity contribution in [2.75, 3.05) is 39.5 Å². The Labute approximate surface area is 189 Å². The van der Waals surface area contributed by atoms with Crippen LogP contribution in [0.25, 0.3) is 0 Å². The molecule has 2 rings (SSSR count). The molecule has 2 atom stereocenters. The first kappa shape index (κ1) is 26.3. The van der Waals surface area contributed by atoms with Crippen LogP contribution in [0, 0.1) is 0 Å². The minimum Gasteiger partial charge on any atom is -0.467 e. The number of likely N-dealkylation sites (tertiary alicyclic amines) is 1. The fraction of sp³-hybridized carbons (Fsp3) is 0.850. The van der Waals surface area contributed by atoms with Gasteiger partial charge in [0, 0.05) is 25.0 Å². The van der Waals surface area contributed by atoms with Crippen LogP contribution in [0.1, 0.15) is 47.0 Å². The van der Waals surface area contributed by atoms with Gasteiger partial charge in [0.1, 0.15) is 24.4 Å². The second kappa shape index (κ2) is 9.50. The van der Waals surface area contributed by atoms with Gasteiger partial charge in [-0.25, -0.2) is 26.7 Å². The lowest BCUT2D eigenvalue weighted by molar-refractivity contribution is -0.151. The van der Waals surface area contributed by atoms with E-state index in [9.17, 15) is 27.2 Å². The molecular weight excluding hydrogens is 445 g/mol. The number of amides is 2. The zero-order chi connectivity index (χ0) is 24.5. The zero-order valence-electron chi connectivity index (χ0n) is 19.6. The Morgan fingerprint density at radius 2 is 1.75 bits per heavy atom. The molecule has 0 aromatic rings. The molecule has 2 amide bonds. The Morgan fingerprint density at radius 1 is 1.19 bits per heavy atom. The molecule has 2 aliphatic heterocycles. The van der Waals surface area contributed by atoms with Crippen molar-refractivity contribution in [1.29, 1.82) is 0 Å². The average molecular weight is 480 g/mol. The predicted octanol–water partition coefficient (Wildman–Crippen LogP) is 1.15. The van der Waals surface area contributed by atoms with Gasteiger partial charge in [-0.3, -0.25) is 9.69 Å². The van der Waals surface area contributed by atoms with Gasteiger partial charge in [-0.15, -0.1) is 0 Å². The third kappa shape index (κ3) is 6.31. The standard InChI is InChI=1S/C20H34FN3O7S/c1-19(2,3)31-18(27)24(20(4)7-9-22(10-8-20)32(6,28)29)13-16(25)23-12-14(21)11-15(23)17(26)30-5/h14-15H,7-13H2,1-6H3/t14-,15-/m0/s1. The molecule has 32 heavy (non-hydrogen) atoms. The number of carbonyl (C=O) groups is 3. The molecular formula is C20H34FN3O7S. The van der Waals surface area contributed by atoms with Crippen molar-refractivity contribution in [3.05, 3.63) is 0 Å². The van der Waals surface area contributed by atoms with E-state index < -0.39 is 57.9 Å². The average Bonchev–Trinajstić information content (AvgIpc) is 3.05. The number of rotatable bonds is 5. The van der Waals surface area contributed by atoms with Crippen LogP contribution in [-0.4, -0.2) is 103 Å². The summed E-state index contributed by atoms with van der Waals surface area (Å²) in [6.07, 6.45) is -0.556. The van der Waals surface area contributed by atoms with Crippen molar-refractivity contribution in [2.24, 2.45) is 0 Å². The normalized spacial score (nSPS) is 24.2. The molecule has 0 bridgehead atoms. The van der Waals surface area contributed by atoms with E-state index in [-0.39, 0.29) is 26.1 Å². The highest BCUT2D eigenvalue weighted by atomic mass is 32.2. The van der Waals surface area contributed by atoms with Crippen molar-refractivity contribution in [1.82, 2.24) is 14.1 Å². The maximum Gasteiger partial charge on any atom is 0.411 e. The van der Waals surface area contributed by atoms with Gasteiger partial charge in [0.25, 0.3) is 0 Å². The van der Waals surface area contributed by atoms with Crippen LogP contribution in [0.15, 0.2) is 0 Å². The number of ether oxygens (including phenoxy) is 2. The van der Waals surface area contributed by atoms with Crippen LogP contribution >= 0.6 is 0 Å². The van der Waals surface area contributed by atoms with E-state index in [1.54, 1.807) is 27.7 Å². The van der Waals surface area contributed by atoms with Gasteiger partial charge < -0.3 is 14.4 Å². The topological polar surface area (TPSA) is 114 Å². The number of halogens is 1. The second-order valence-electron chi connectivity index (χ2n) is 9.64. The van der Waals surface area contributed by atoms with Gasteiger partial charge in [-0.1, -0.05) is 0 Å². The molecule has 2 heterocycles. The summed E-state index contributed by atoms with van der Waals surface area (Å²) in [5.41, 5.74) is -1.69. The molecule has 0 aliphatic carbocycles. The molecule has 2 saturated heterocycles.